The van der Waals surface area contributed by atoms with Crippen molar-refractivity contribution < 1.29 is 14.0 Å². The number of carbonyl (C=O) groups excluding carboxylic acids is 2. The molecule has 0 saturated heterocycles. The third-order valence-corrected chi connectivity index (χ3v) is 2.73. The van der Waals surface area contributed by atoms with Crippen LogP contribution >= 0.6 is 0 Å². The minimum atomic E-state index is -0.556. The van der Waals surface area contributed by atoms with E-state index in [9.17, 15) is 14.0 Å². The predicted molar refractivity (Wildman–Crippen MR) is 68.3 cm³/mol. The molecule has 1 aromatic carbocycles. The number of hydrogen-bond donors (Lipinski definition) is 3. The predicted octanol–water partition coefficient (Wildman–Crippen LogP) is 1.02. The molecule has 0 atom stereocenters. The average Bonchev–Trinajstić information content (AvgIpc) is 3.19. The van der Waals surface area contributed by atoms with Crippen molar-refractivity contribution >= 4 is 11.9 Å². The van der Waals surface area contributed by atoms with Gasteiger partial charge < -0.3 is 16.0 Å². The molecule has 0 unspecified atom stereocenters. The van der Waals surface area contributed by atoms with Gasteiger partial charge >= 0.3 is 6.03 Å². The first-order chi connectivity index (χ1) is 9.16. The van der Waals surface area contributed by atoms with Crippen LogP contribution < -0.4 is 16.0 Å². The topological polar surface area (TPSA) is 70.2 Å². The van der Waals surface area contributed by atoms with Crippen LogP contribution in [-0.2, 0) is 0 Å². The molecule has 1 aliphatic rings. The van der Waals surface area contributed by atoms with Crippen molar-refractivity contribution in [2.75, 3.05) is 13.1 Å². The largest absolute Gasteiger partial charge is 0.350 e. The summed E-state index contributed by atoms with van der Waals surface area (Å²) in [4.78, 5) is 22.9. The van der Waals surface area contributed by atoms with Crippen LogP contribution in [0.25, 0.3) is 0 Å². The first kappa shape index (κ1) is 13.3. The quantitative estimate of drug-likeness (QED) is 0.696. The molecule has 2 rings (SSSR count). The highest BCUT2D eigenvalue weighted by atomic mass is 19.1. The van der Waals surface area contributed by atoms with Gasteiger partial charge in [0.1, 0.15) is 5.82 Å². The molecule has 0 bridgehead atoms. The smallest absolute Gasteiger partial charge is 0.315 e. The summed E-state index contributed by atoms with van der Waals surface area (Å²) in [5.41, 5.74) is 0.00457. The highest BCUT2D eigenvalue weighted by Gasteiger charge is 2.22. The molecule has 0 aliphatic heterocycles. The van der Waals surface area contributed by atoms with E-state index in [-0.39, 0.29) is 18.1 Å². The van der Waals surface area contributed by atoms with E-state index in [2.05, 4.69) is 16.0 Å². The molecule has 0 radical (unpaired) electrons. The molecule has 0 aromatic heterocycles. The summed E-state index contributed by atoms with van der Waals surface area (Å²) < 4.78 is 13.3. The van der Waals surface area contributed by atoms with E-state index in [4.69, 9.17) is 0 Å². The van der Waals surface area contributed by atoms with Gasteiger partial charge in [0.2, 0.25) is 0 Å². The maximum atomic E-state index is 13.3. The Hall–Kier alpha value is -2.11. The molecular weight excluding hydrogens is 249 g/mol. The van der Waals surface area contributed by atoms with E-state index in [1.165, 1.54) is 18.2 Å². The molecule has 102 valence electrons. The van der Waals surface area contributed by atoms with Gasteiger partial charge in [-0.25, -0.2) is 9.18 Å². The van der Waals surface area contributed by atoms with Crippen molar-refractivity contribution in [3.8, 4) is 0 Å². The van der Waals surface area contributed by atoms with Gasteiger partial charge in [-0.2, -0.15) is 0 Å². The fourth-order valence-corrected chi connectivity index (χ4v) is 1.56. The number of halogens is 1. The molecule has 0 spiro atoms. The minimum absolute atomic E-state index is 0.00457. The molecule has 19 heavy (non-hydrogen) atoms. The molecule has 0 heterocycles. The van der Waals surface area contributed by atoms with Crippen molar-refractivity contribution in [2.45, 2.75) is 18.9 Å². The Kier molecular flexibility index (Phi) is 4.33. The Balaban J connectivity index is 1.66. The van der Waals surface area contributed by atoms with Crippen molar-refractivity contribution in [3.63, 3.8) is 0 Å². The molecular formula is C13H16FN3O2. The van der Waals surface area contributed by atoms with Gasteiger partial charge in [-0.05, 0) is 25.0 Å². The van der Waals surface area contributed by atoms with Gasteiger partial charge in [-0.1, -0.05) is 12.1 Å². The van der Waals surface area contributed by atoms with E-state index in [1.54, 1.807) is 6.07 Å². The summed E-state index contributed by atoms with van der Waals surface area (Å²) in [7, 11) is 0. The van der Waals surface area contributed by atoms with Crippen LogP contribution in [0.3, 0.4) is 0 Å². The van der Waals surface area contributed by atoms with Crippen molar-refractivity contribution in [3.05, 3.63) is 35.6 Å². The van der Waals surface area contributed by atoms with E-state index >= 15 is 0 Å². The second kappa shape index (κ2) is 6.17. The maximum absolute atomic E-state index is 13.3. The maximum Gasteiger partial charge on any atom is 0.315 e. The van der Waals surface area contributed by atoms with Crippen LogP contribution in [0.2, 0.25) is 0 Å². The number of nitrogens with one attached hydrogen (secondary N) is 3. The zero-order valence-corrected chi connectivity index (χ0v) is 10.4. The lowest BCUT2D eigenvalue weighted by Gasteiger charge is -2.08. The number of rotatable bonds is 5. The molecule has 5 nitrogen and oxygen atoms in total. The van der Waals surface area contributed by atoms with E-state index in [0.29, 0.717) is 12.6 Å². The monoisotopic (exact) mass is 265 g/mol. The second-order valence-corrected chi connectivity index (χ2v) is 4.41. The standard InChI is InChI=1S/C13H16FN3O2/c14-11-4-2-1-3-10(11)12(18)15-7-8-16-13(19)17-9-5-6-9/h1-4,9H,5-8H2,(H,15,18)(H2,16,17,19). The lowest BCUT2D eigenvalue weighted by Crippen LogP contribution is -2.41. The first-order valence-electron chi connectivity index (χ1n) is 6.24. The van der Waals surface area contributed by atoms with Gasteiger partial charge in [-0.15, -0.1) is 0 Å². The van der Waals surface area contributed by atoms with Crippen LogP contribution in [0.4, 0.5) is 9.18 Å². The summed E-state index contributed by atoms with van der Waals surface area (Å²) >= 11 is 0. The van der Waals surface area contributed by atoms with Crippen molar-refractivity contribution in [1.82, 2.24) is 16.0 Å². The number of hydrogen-bond acceptors (Lipinski definition) is 2. The second-order valence-electron chi connectivity index (χ2n) is 4.41. The summed E-state index contributed by atoms with van der Waals surface area (Å²) in [5, 5.41) is 7.92. The summed E-state index contributed by atoms with van der Waals surface area (Å²) in [6.07, 6.45) is 2.05. The SMILES string of the molecule is O=C(NCCNC(=O)c1ccccc1F)NC1CC1. The molecule has 1 aliphatic carbocycles. The highest BCUT2D eigenvalue weighted by molar-refractivity contribution is 5.94. The summed E-state index contributed by atoms with van der Waals surface area (Å²) in [6.45, 7) is 0.560. The molecule has 1 fully saturated rings. The third kappa shape index (κ3) is 4.24. The fourth-order valence-electron chi connectivity index (χ4n) is 1.56. The van der Waals surface area contributed by atoms with Gasteiger partial charge in [0.25, 0.3) is 5.91 Å². The zero-order chi connectivity index (χ0) is 13.7. The lowest BCUT2D eigenvalue weighted by molar-refractivity contribution is 0.0950. The van der Waals surface area contributed by atoms with Gasteiger partial charge in [0.15, 0.2) is 0 Å². The van der Waals surface area contributed by atoms with E-state index in [1.807, 2.05) is 0 Å². The Morgan fingerprint density at radius 3 is 2.53 bits per heavy atom. The van der Waals surface area contributed by atoms with E-state index in [0.717, 1.165) is 12.8 Å². The lowest BCUT2D eigenvalue weighted by atomic mass is 10.2. The van der Waals surface area contributed by atoms with Crippen LogP contribution in [-0.4, -0.2) is 31.1 Å². The van der Waals surface area contributed by atoms with Crippen molar-refractivity contribution in [2.24, 2.45) is 0 Å². The Labute approximate surface area is 110 Å². The molecule has 1 saturated carbocycles. The highest BCUT2D eigenvalue weighted by Crippen LogP contribution is 2.18. The van der Waals surface area contributed by atoms with E-state index < -0.39 is 11.7 Å². The third-order valence-electron chi connectivity index (χ3n) is 2.73. The number of benzene rings is 1. The Morgan fingerprint density at radius 2 is 1.84 bits per heavy atom. The van der Waals surface area contributed by atoms with Crippen LogP contribution in [0.5, 0.6) is 0 Å². The Morgan fingerprint density at radius 1 is 1.16 bits per heavy atom. The molecule has 1 aromatic rings. The number of urea groups is 1. The van der Waals surface area contributed by atoms with Crippen molar-refractivity contribution in [1.29, 1.82) is 0 Å². The minimum Gasteiger partial charge on any atom is -0.350 e. The first-order valence-corrected chi connectivity index (χ1v) is 6.24. The zero-order valence-electron chi connectivity index (χ0n) is 10.4. The van der Waals surface area contributed by atoms with Crippen LogP contribution in [0, 0.1) is 5.82 Å². The van der Waals surface area contributed by atoms with Crippen LogP contribution in [0.15, 0.2) is 24.3 Å². The van der Waals surface area contributed by atoms with Crippen LogP contribution in [0.1, 0.15) is 23.2 Å². The molecule has 3 amide bonds. The number of carbonyl (C=O) groups is 2. The summed E-state index contributed by atoms with van der Waals surface area (Å²) in [6, 6.07) is 5.83. The fraction of sp³-hybridized carbons (Fsp3) is 0.385. The molecule has 6 heteroatoms. The summed E-state index contributed by atoms with van der Waals surface area (Å²) in [5.74, 6) is -1.04. The normalized spacial score (nSPS) is 13.7. The van der Waals surface area contributed by atoms with Gasteiger partial charge in [-0.3, -0.25) is 4.79 Å². The average molecular weight is 265 g/mol. The van der Waals surface area contributed by atoms with Gasteiger partial charge in [0.05, 0.1) is 5.56 Å². The van der Waals surface area contributed by atoms with Gasteiger partial charge in [0, 0.05) is 19.1 Å². The molecule has 3 N–H and O–H groups in total. The number of amides is 3. The Bertz CT molecular complexity index is 475.